The Morgan fingerprint density at radius 1 is 1.00 bits per heavy atom. The molecule has 0 saturated carbocycles. The van der Waals surface area contributed by atoms with Gasteiger partial charge < -0.3 is 14.4 Å². The first-order valence-electron chi connectivity index (χ1n) is 9.30. The fourth-order valence-electron chi connectivity index (χ4n) is 3.30. The molecule has 0 aliphatic carbocycles. The summed E-state index contributed by atoms with van der Waals surface area (Å²) in [6, 6.07) is 13.1. The van der Waals surface area contributed by atoms with Crippen molar-refractivity contribution < 1.29 is 14.3 Å². The van der Waals surface area contributed by atoms with Crippen LogP contribution in [0.2, 0.25) is 0 Å². The minimum atomic E-state index is -0.151. The highest BCUT2D eigenvalue weighted by Gasteiger charge is 2.27. The van der Waals surface area contributed by atoms with Gasteiger partial charge in [0.05, 0.1) is 25.3 Å². The van der Waals surface area contributed by atoms with Crippen molar-refractivity contribution in [2.24, 2.45) is 0 Å². The van der Waals surface area contributed by atoms with Crippen LogP contribution in [0.25, 0.3) is 17.1 Å². The number of aromatic nitrogens is 2. The van der Waals surface area contributed by atoms with Crippen molar-refractivity contribution in [3.63, 3.8) is 0 Å². The van der Waals surface area contributed by atoms with E-state index < -0.39 is 0 Å². The molecule has 0 bridgehead atoms. The molecule has 0 unspecified atom stereocenters. The molecule has 0 N–H and O–H groups in total. The van der Waals surface area contributed by atoms with E-state index >= 15 is 0 Å². The Labute approximate surface area is 169 Å². The van der Waals surface area contributed by atoms with Crippen LogP contribution in [-0.4, -0.2) is 50.2 Å². The van der Waals surface area contributed by atoms with Crippen molar-refractivity contribution >= 4 is 34.7 Å². The van der Waals surface area contributed by atoms with Gasteiger partial charge in [0.25, 0.3) is 5.91 Å². The fraction of sp³-hybridized carbons (Fsp3) is 0.227. The summed E-state index contributed by atoms with van der Waals surface area (Å²) in [5, 5.41) is 0. The zero-order chi connectivity index (χ0) is 20.4. The Balaban J connectivity index is 1.66. The number of ether oxygens (including phenoxy) is 2. The number of nitrogens with zero attached hydrogens (tertiary/aromatic N) is 4. The lowest BCUT2D eigenvalue weighted by Gasteiger charge is -2.33. The van der Waals surface area contributed by atoms with Crippen molar-refractivity contribution in [1.82, 2.24) is 9.97 Å². The molecule has 0 radical (unpaired) electrons. The van der Waals surface area contributed by atoms with Crippen LogP contribution in [0.4, 0.5) is 11.6 Å². The Bertz CT molecular complexity index is 1100. The number of amides is 1. The highest BCUT2D eigenvalue weighted by atomic mass is 16.5. The first-order chi connectivity index (χ1) is 14.1. The van der Waals surface area contributed by atoms with Crippen molar-refractivity contribution in [3.05, 3.63) is 54.1 Å². The standard InChI is InChI=1S/C22H22N4O3/c1-25-12-13-26(22-21(25)23-17-6-4-5-7-18(17)24-22)20(27)11-9-15-8-10-16(28-2)14-19(15)29-3/h4-11,14H,12-13H2,1-3H3/b11-9+. The average molecular weight is 390 g/mol. The van der Waals surface area contributed by atoms with Gasteiger partial charge in [-0.2, -0.15) is 0 Å². The molecular weight excluding hydrogens is 368 g/mol. The summed E-state index contributed by atoms with van der Waals surface area (Å²) in [6.07, 6.45) is 3.28. The van der Waals surface area contributed by atoms with E-state index in [1.54, 1.807) is 31.3 Å². The lowest BCUT2D eigenvalue weighted by molar-refractivity contribution is -0.114. The molecule has 1 aromatic heterocycles. The first kappa shape index (κ1) is 18.7. The number of hydrogen-bond donors (Lipinski definition) is 0. The predicted octanol–water partition coefficient (Wildman–Crippen LogP) is 3.14. The number of carbonyl (C=O) groups is 1. The number of methoxy groups -OCH3 is 2. The molecule has 1 aliphatic heterocycles. The summed E-state index contributed by atoms with van der Waals surface area (Å²) in [6.45, 7) is 1.23. The molecule has 0 fully saturated rings. The lowest BCUT2D eigenvalue weighted by atomic mass is 10.1. The van der Waals surface area contributed by atoms with Gasteiger partial charge in [0.2, 0.25) is 0 Å². The highest BCUT2D eigenvalue weighted by molar-refractivity contribution is 6.06. The second-order valence-electron chi connectivity index (χ2n) is 6.71. The third-order valence-corrected chi connectivity index (χ3v) is 4.92. The van der Waals surface area contributed by atoms with E-state index in [0.717, 1.165) is 16.6 Å². The van der Waals surface area contributed by atoms with Gasteiger partial charge in [0.15, 0.2) is 11.6 Å². The number of likely N-dealkylation sites (N-methyl/N-ethyl adjacent to an activating group) is 1. The molecule has 0 atom stereocenters. The molecule has 0 saturated heterocycles. The summed E-state index contributed by atoms with van der Waals surface area (Å²) in [5.41, 5.74) is 2.37. The van der Waals surface area contributed by atoms with Gasteiger partial charge in [-0.3, -0.25) is 9.69 Å². The largest absolute Gasteiger partial charge is 0.497 e. The molecule has 7 nitrogen and oxygen atoms in total. The second kappa shape index (κ2) is 7.79. The van der Waals surface area contributed by atoms with Crippen molar-refractivity contribution in [3.8, 4) is 11.5 Å². The number of rotatable bonds is 4. The van der Waals surface area contributed by atoms with Gasteiger partial charge in [-0.15, -0.1) is 0 Å². The van der Waals surface area contributed by atoms with E-state index in [1.807, 2.05) is 48.3 Å². The Morgan fingerprint density at radius 3 is 2.41 bits per heavy atom. The molecule has 148 valence electrons. The van der Waals surface area contributed by atoms with Crippen LogP contribution in [0, 0.1) is 0 Å². The SMILES string of the molecule is COc1ccc(/C=C/C(=O)N2CCN(C)c3nc4ccccc4nc32)c(OC)c1. The molecule has 2 aromatic carbocycles. The Hall–Kier alpha value is -3.61. The van der Waals surface area contributed by atoms with Gasteiger partial charge in [-0.25, -0.2) is 9.97 Å². The van der Waals surface area contributed by atoms with E-state index in [2.05, 4.69) is 0 Å². The fourth-order valence-corrected chi connectivity index (χ4v) is 3.30. The number of anilines is 2. The van der Waals surface area contributed by atoms with Crippen LogP contribution < -0.4 is 19.3 Å². The van der Waals surface area contributed by atoms with E-state index in [-0.39, 0.29) is 5.91 Å². The Kier molecular flexibility index (Phi) is 5.03. The van der Waals surface area contributed by atoms with E-state index in [0.29, 0.717) is 36.2 Å². The van der Waals surface area contributed by atoms with Gasteiger partial charge in [-0.05, 0) is 30.3 Å². The molecule has 0 spiro atoms. The second-order valence-corrected chi connectivity index (χ2v) is 6.71. The molecule has 1 aliphatic rings. The summed E-state index contributed by atoms with van der Waals surface area (Å²) in [5.74, 6) is 2.47. The van der Waals surface area contributed by atoms with Crippen molar-refractivity contribution in [2.45, 2.75) is 0 Å². The van der Waals surface area contributed by atoms with Crippen LogP contribution in [0.1, 0.15) is 5.56 Å². The van der Waals surface area contributed by atoms with E-state index in [1.165, 1.54) is 6.08 Å². The summed E-state index contributed by atoms with van der Waals surface area (Å²) >= 11 is 0. The third kappa shape index (κ3) is 3.59. The normalized spacial score (nSPS) is 13.6. The molecule has 2 heterocycles. The molecular formula is C22H22N4O3. The minimum absolute atomic E-state index is 0.151. The molecule has 4 rings (SSSR count). The topological polar surface area (TPSA) is 67.8 Å². The highest BCUT2D eigenvalue weighted by Crippen LogP contribution is 2.31. The summed E-state index contributed by atoms with van der Waals surface area (Å²) in [4.78, 5) is 26.1. The number of fused-ring (bicyclic) bond motifs is 2. The van der Waals surface area contributed by atoms with Gasteiger partial charge >= 0.3 is 0 Å². The number of hydrogen-bond acceptors (Lipinski definition) is 6. The quantitative estimate of drug-likeness (QED) is 0.638. The molecule has 7 heteroatoms. The van der Waals surface area contributed by atoms with Crippen LogP contribution in [0.15, 0.2) is 48.5 Å². The number of benzene rings is 2. The number of para-hydroxylation sites is 2. The predicted molar refractivity (Wildman–Crippen MR) is 114 cm³/mol. The van der Waals surface area contributed by atoms with Crippen LogP contribution in [-0.2, 0) is 4.79 Å². The van der Waals surface area contributed by atoms with Crippen molar-refractivity contribution in [2.75, 3.05) is 44.2 Å². The monoisotopic (exact) mass is 390 g/mol. The summed E-state index contributed by atoms with van der Waals surface area (Å²) < 4.78 is 10.6. The number of carbonyl (C=O) groups excluding carboxylic acids is 1. The average Bonchev–Trinajstić information content (AvgIpc) is 2.76. The smallest absolute Gasteiger partial charge is 0.252 e. The minimum Gasteiger partial charge on any atom is -0.497 e. The van der Waals surface area contributed by atoms with Crippen LogP contribution in [0.3, 0.4) is 0 Å². The third-order valence-electron chi connectivity index (χ3n) is 4.92. The van der Waals surface area contributed by atoms with E-state index in [9.17, 15) is 4.79 Å². The van der Waals surface area contributed by atoms with Gasteiger partial charge in [-0.1, -0.05) is 12.1 Å². The maximum Gasteiger partial charge on any atom is 0.252 e. The van der Waals surface area contributed by atoms with Gasteiger partial charge in [0.1, 0.15) is 11.5 Å². The summed E-state index contributed by atoms with van der Waals surface area (Å²) in [7, 11) is 5.15. The molecule has 29 heavy (non-hydrogen) atoms. The Morgan fingerprint density at radius 2 is 1.72 bits per heavy atom. The van der Waals surface area contributed by atoms with E-state index in [4.69, 9.17) is 19.4 Å². The molecule has 1 amide bonds. The molecule has 3 aromatic rings. The van der Waals surface area contributed by atoms with Gasteiger partial charge in [0, 0.05) is 37.8 Å². The zero-order valence-electron chi connectivity index (χ0n) is 16.6. The zero-order valence-corrected chi connectivity index (χ0v) is 16.6. The van der Waals surface area contributed by atoms with Crippen LogP contribution >= 0.6 is 0 Å². The first-order valence-corrected chi connectivity index (χ1v) is 9.30. The maximum absolute atomic E-state index is 13.0. The maximum atomic E-state index is 13.0. The van der Waals surface area contributed by atoms with Crippen molar-refractivity contribution in [1.29, 1.82) is 0 Å². The lowest BCUT2D eigenvalue weighted by Crippen LogP contribution is -2.43. The van der Waals surface area contributed by atoms with Crippen LogP contribution in [0.5, 0.6) is 11.5 Å².